The lowest BCUT2D eigenvalue weighted by molar-refractivity contribution is -0.389. The van der Waals surface area contributed by atoms with Gasteiger partial charge >= 0.3 is 5.82 Å². The van der Waals surface area contributed by atoms with E-state index >= 15 is 0 Å². The molecular weight excluding hydrogens is 256 g/mol. The Morgan fingerprint density at radius 3 is 3.11 bits per heavy atom. The number of anilines is 1. The smallest absolute Gasteiger partial charge is 0.372 e. The molecule has 0 aliphatic heterocycles. The van der Waals surface area contributed by atoms with Crippen LogP contribution in [0, 0.1) is 10.1 Å². The van der Waals surface area contributed by atoms with Crippen LogP contribution in [0.4, 0.5) is 11.6 Å². The van der Waals surface area contributed by atoms with Crippen LogP contribution < -0.4 is 5.32 Å². The third-order valence-electron chi connectivity index (χ3n) is 2.61. The number of hydrogen-bond donors (Lipinski definition) is 1. The van der Waals surface area contributed by atoms with Crippen LogP contribution in [0.5, 0.6) is 0 Å². The maximum Gasteiger partial charge on any atom is 0.372 e. The van der Waals surface area contributed by atoms with E-state index < -0.39 is 4.92 Å². The summed E-state index contributed by atoms with van der Waals surface area (Å²) in [5.74, 6) is 0.275. The number of thiazole rings is 1. The van der Waals surface area contributed by atoms with Gasteiger partial charge in [-0.2, -0.15) is 9.38 Å². The molecule has 2 heterocycles. The predicted octanol–water partition coefficient (Wildman–Crippen LogP) is 2.14. The zero-order chi connectivity index (χ0) is 13.1. The molecule has 0 spiro atoms. The van der Waals surface area contributed by atoms with Crippen LogP contribution in [-0.4, -0.2) is 34.1 Å². The second-order valence-electron chi connectivity index (χ2n) is 3.80. The Kier molecular flexibility index (Phi) is 3.78. The van der Waals surface area contributed by atoms with E-state index in [-0.39, 0.29) is 11.9 Å². The zero-order valence-corrected chi connectivity index (χ0v) is 10.9. The van der Waals surface area contributed by atoms with Crippen molar-refractivity contribution < 1.29 is 9.66 Å². The number of nitrogens with zero attached hydrogens (tertiary/aromatic N) is 3. The zero-order valence-electron chi connectivity index (χ0n) is 10.1. The van der Waals surface area contributed by atoms with Crippen molar-refractivity contribution in [1.29, 1.82) is 0 Å². The summed E-state index contributed by atoms with van der Waals surface area (Å²) in [6, 6.07) is 0.0123. The minimum atomic E-state index is -0.422. The molecule has 0 saturated carbocycles. The third kappa shape index (κ3) is 2.29. The topological polar surface area (TPSA) is 81.7 Å². The Hall–Kier alpha value is -1.67. The van der Waals surface area contributed by atoms with E-state index in [1.807, 2.05) is 6.92 Å². The van der Waals surface area contributed by atoms with E-state index in [1.54, 1.807) is 18.7 Å². The molecule has 7 nitrogen and oxygen atoms in total. The molecule has 98 valence electrons. The molecule has 0 aliphatic rings. The first-order valence-corrected chi connectivity index (χ1v) is 6.40. The van der Waals surface area contributed by atoms with Gasteiger partial charge in [0.2, 0.25) is 5.82 Å². The summed E-state index contributed by atoms with van der Waals surface area (Å²) < 4.78 is 6.54. The molecule has 0 saturated heterocycles. The Balaban J connectivity index is 2.34. The van der Waals surface area contributed by atoms with E-state index in [1.165, 1.54) is 15.7 Å². The Morgan fingerprint density at radius 1 is 1.72 bits per heavy atom. The molecule has 1 N–H and O–H groups in total. The number of aromatic nitrogens is 2. The first kappa shape index (κ1) is 12.8. The van der Waals surface area contributed by atoms with E-state index in [2.05, 4.69) is 10.3 Å². The molecule has 0 amide bonds. The summed E-state index contributed by atoms with van der Waals surface area (Å²) in [7, 11) is 1.60. The first-order chi connectivity index (χ1) is 8.67. The van der Waals surface area contributed by atoms with E-state index in [9.17, 15) is 10.1 Å². The predicted molar refractivity (Wildman–Crippen MR) is 69.3 cm³/mol. The molecule has 0 bridgehead atoms. The van der Waals surface area contributed by atoms with Gasteiger partial charge < -0.3 is 20.2 Å². The number of imidazole rings is 1. The van der Waals surface area contributed by atoms with Crippen LogP contribution in [0.15, 0.2) is 11.6 Å². The number of methoxy groups -OCH3 is 1. The summed E-state index contributed by atoms with van der Waals surface area (Å²) in [6.45, 7) is 2.47. The molecule has 2 aromatic rings. The van der Waals surface area contributed by atoms with Crippen molar-refractivity contribution in [3.63, 3.8) is 0 Å². The van der Waals surface area contributed by atoms with Gasteiger partial charge in [-0.3, -0.25) is 0 Å². The molecule has 8 heteroatoms. The summed E-state index contributed by atoms with van der Waals surface area (Å²) in [5, 5.41) is 15.9. The molecule has 0 aromatic carbocycles. The first-order valence-electron chi connectivity index (χ1n) is 5.52. The highest BCUT2D eigenvalue weighted by molar-refractivity contribution is 7.15. The summed E-state index contributed by atoms with van der Waals surface area (Å²) in [5.41, 5.74) is 0. The van der Waals surface area contributed by atoms with Crippen molar-refractivity contribution in [2.45, 2.75) is 19.4 Å². The van der Waals surface area contributed by atoms with E-state index in [0.717, 1.165) is 6.42 Å². The fourth-order valence-corrected chi connectivity index (χ4v) is 2.41. The Morgan fingerprint density at radius 2 is 2.50 bits per heavy atom. The number of ether oxygens (including phenoxy) is 1. The SMILES string of the molecule is CCC(COC)Nc1nc2sccn2c1[N+](=O)[O-]. The van der Waals surface area contributed by atoms with Gasteiger partial charge in [-0.1, -0.05) is 18.3 Å². The second kappa shape index (κ2) is 5.32. The maximum atomic E-state index is 11.1. The molecule has 2 rings (SSSR count). The normalized spacial score (nSPS) is 12.8. The largest absolute Gasteiger partial charge is 0.383 e. The van der Waals surface area contributed by atoms with Gasteiger partial charge in [0.15, 0.2) is 0 Å². The lowest BCUT2D eigenvalue weighted by atomic mass is 10.2. The van der Waals surface area contributed by atoms with Gasteiger partial charge in [0, 0.05) is 12.5 Å². The standard InChI is InChI=1S/C10H14N4O3S/c1-3-7(6-17-2)11-8-9(14(15)16)13-4-5-18-10(13)12-8/h4-5,7,11H,3,6H2,1-2H3. The van der Waals surface area contributed by atoms with Crippen LogP contribution in [-0.2, 0) is 4.74 Å². The van der Waals surface area contributed by atoms with Gasteiger partial charge in [0.25, 0.3) is 4.96 Å². The fraction of sp³-hybridized carbons (Fsp3) is 0.500. The van der Waals surface area contributed by atoms with Gasteiger partial charge in [0.1, 0.15) is 6.20 Å². The lowest BCUT2D eigenvalue weighted by Gasteiger charge is -2.14. The van der Waals surface area contributed by atoms with Gasteiger partial charge in [0.05, 0.1) is 12.6 Å². The molecule has 0 radical (unpaired) electrons. The Bertz CT molecular complexity index is 550. The van der Waals surface area contributed by atoms with Crippen LogP contribution in [0.2, 0.25) is 0 Å². The molecule has 0 aliphatic carbocycles. The second-order valence-corrected chi connectivity index (χ2v) is 4.67. The van der Waals surface area contributed by atoms with E-state index in [4.69, 9.17) is 4.74 Å². The average molecular weight is 270 g/mol. The van der Waals surface area contributed by atoms with Crippen LogP contribution in [0.1, 0.15) is 13.3 Å². The van der Waals surface area contributed by atoms with Crippen molar-refractivity contribution in [1.82, 2.24) is 9.38 Å². The lowest BCUT2D eigenvalue weighted by Crippen LogP contribution is -2.24. The van der Waals surface area contributed by atoms with Gasteiger partial charge in [-0.25, -0.2) is 0 Å². The highest BCUT2D eigenvalue weighted by atomic mass is 32.1. The van der Waals surface area contributed by atoms with Crippen LogP contribution in [0.25, 0.3) is 4.96 Å². The van der Waals surface area contributed by atoms with E-state index in [0.29, 0.717) is 17.4 Å². The maximum absolute atomic E-state index is 11.1. The van der Waals surface area contributed by atoms with Gasteiger partial charge in [-0.15, -0.1) is 0 Å². The fourth-order valence-electron chi connectivity index (χ4n) is 1.70. The van der Waals surface area contributed by atoms with Crippen molar-refractivity contribution in [3.8, 4) is 0 Å². The summed E-state index contributed by atoms with van der Waals surface area (Å²) in [4.78, 5) is 15.5. The number of nitro groups is 1. The quantitative estimate of drug-likeness (QED) is 0.642. The summed E-state index contributed by atoms with van der Waals surface area (Å²) in [6.07, 6.45) is 2.45. The third-order valence-corrected chi connectivity index (χ3v) is 3.37. The van der Waals surface area contributed by atoms with Crippen molar-refractivity contribution in [3.05, 3.63) is 21.7 Å². The molecule has 1 unspecified atom stereocenters. The minimum absolute atomic E-state index is 0.0123. The molecule has 0 fully saturated rings. The molecule has 2 aromatic heterocycles. The Labute approximate surface area is 108 Å². The van der Waals surface area contributed by atoms with Crippen LogP contribution in [0.3, 0.4) is 0 Å². The number of rotatable bonds is 6. The van der Waals surface area contributed by atoms with Crippen LogP contribution >= 0.6 is 11.3 Å². The number of fused-ring (bicyclic) bond motifs is 1. The number of hydrogen-bond acceptors (Lipinski definition) is 6. The number of nitrogens with one attached hydrogen (secondary N) is 1. The highest BCUT2D eigenvalue weighted by Crippen LogP contribution is 2.28. The summed E-state index contributed by atoms with van der Waals surface area (Å²) >= 11 is 1.36. The van der Waals surface area contributed by atoms with Crippen molar-refractivity contribution in [2.75, 3.05) is 19.0 Å². The monoisotopic (exact) mass is 270 g/mol. The minimum Gasteiger partial charge on any atom is -0.383 e. The molecular formula is C10H14N4O3S. The van der Waals surface area contributed by atoms with Crippen molar-refractivity contribution in [2.24, 2.45) is 0 Å². The van der Waals surface area contributed by atoms with Crippen molar-refractivity contribution >= 4 is 27.9 Å². The average Bonchev–Trinajstić information content (AvgIpc) is 2.87. The molecule has 1 atom stereocenters. The highest BCUT2D eigenvalue weighted by Gasteiger charge is 2.24. The molecule has 18 heavy (non-hydrogen) atoms. The van der Waals surface area contributed by atoms with Gasteiger partial charge in [-0.05, 0) is 11.3 Å².